The second-order valence-corrected chi connectivity index (χ2v) is 8.68. The summed E-state index contributed by atoms with van der Waals surface area (Å²) in [6.45, 7) is 9.59. The van der Waals surface area contributed by atoms with Gasteiger partial charge in [0.25, 0.3) is 0 Å². The number of nitrogens with zero attached hydrogens (tertiary/aromatic N) is 2. The van der Waals surface area contributed by atoms with Crippen molar-refractivity contribution < 1.29 is 0 Å². The number of fused-ring (bicyclic) bond motifs is 4. The van der Waals surface area contributed by atoms with Crippen LogP contribution in [0.1, 0.15) is 20.8 Å². The Kier molecular flexibility index (Phi) is 4.90. The summed E-state index contributed by atoms with van der Waals surface area (Å²) in [5.41, 5.74) is 7.55. The Morgan fingerprint density at radius 3 is 2.50 bits per heavy atom. The van der Waals surface area contributed by atoms with Crippen molar-refractivity contribution in [3.05, 3.63) is 54.6 Å². The van der Waals surface area contributed by atoms with Crippen molar-refractivity contribution in [3.63, 3.8) is 0 Å². The number of benzene rings is 3. The van der Waals surface area contributed by atoms with Crippen LogP contribution in [0.4, 0.5) is 17.1 Å². The third-order valence-corrected chi connectivity index (χ3v) is 7.24. The van der Waals surface area contributed by atoms with Crippen molar-refractivity contribution in [1.29, 1.82) is 0 Å². The molecule has 3 aromatic carbocycles. The molecule has 1 aliphatic heterocycles. The Morgan fingerprint density at radius 1 is 0.923 bits per heavy atom. The summed E-state index contributed by atoms with van der Waals surface area (Å²) in [4.78, 5) is 2.42. The Morgan fingerprint density at radius 2 is 1.73 bits per heavy atom. The van der Waals surface area contributed by atoms with Crippen molar-refractivity contribution in [2.24, 2.45) is 0 Å². The van der Waals surface area contributed by atoms with Crippen LogP contribution in [-0.4, -0.2) is 34.6 Å². The van der Waals surface area contributed by atoms with Gasteiger partial charge in [-0.15, -0.1) is 0 Å². The summed E-state index contributed by atoms with van der Waals surface area (Å²) >= 11 is 0.309. The first-order valence-electron chi connectivity index (χ1n) is 9.39. The van der Waals surface area contributed by atoms with Crippen LogP contribution in [0, 0.1) is 0 Å². The summed E-state index contributed by atoms with van der Waals surface area (Å²) in [6.07, 6.45) is 0. The molecule has 134 valence electrons. The number of rotatable bonds is 5. The van der Waals surface area contributed by atoms with Gasteiger partial charge in [0.1, 0.15) is 0 Å². The minimum atomic E-state index is 0.309. The maximum absolute atomic E-state index is 3.60. The fraction of sp³-hybridized carbons (Fsp3) is 0.273. The first-order chi connectivity index (χ1) is 12.8. The molecule has 26 heavy (non-hydrogen) atoms. The van der Waals surface area contributed by atoms with E-state index in [0.717, 1.165) is 19.6 Å². The predicted molar refractivity (Wildman–Crippen MR) is 115 cm³/mol. The summed E-state index contributed by atoms with van der Waals surface area (Å²) in [5, 5.41) is 4.93. The Bertz CT molecular complexity index is 934. The second-order valence-electron chi connectivity index (χ2n) is 6.41. The van der Waals surface area contributed by atoms with E-state index in [-0.39, 0.29) is 0 Å². The first-order valence-corrected chi connectivity index (χ1v) is 11.1. The number of hydrogen-bond acceptors (Lipinski definition) is 3. The molecule has 1 heterocycles. The van der Waals surface area contributed by atoms with Gasteiger partial charge in [0.2, 0.25) is 0 Å². The minimum absolute atomic E-state index is 0.309. The van der Waals surface area contributed by atoms with Crippen molar-refractivity contribution in [2.45, 2.75) is 20.8 Å². The average Bonchev–Trinajstić information content (AvgIpc) is 2.68. The first kappa shape index (κ1) is 17.4. The van der Waals surface area contributed by atoms with Gasteiger partial charge in [0.15, 0.2) is 0 Å². The van der Waals surface area contributed by atoms with E-state index < -0.39 is 0 Å². The van der Waals surface area contributed by atoms with Gasteiger partial charge in [-0.2, -0.15) is 0 Å². The van der Waals surface area contributed by atoms with Gasteiger partial charge in [-0.3, -0.25) is 0 Å². The molecule has 0 saturated heterocycles. The zero-order valence-electron chi connectivity index (χ0n) is 15.6. The molecule has 0 atom stereocenters. The van der Waals surface area contributed by atoms with Crippen molar-refractivity contribution in [3.8, 4) is 0 Å². The normalized spacial score (nSPS) is 12.8. The molecule has 3 nitrogen and oxygen atoms in total. The quantitative estimate of drug-likeness (QED) is 0.651. The van der Waals surface area contributed by atoms with Crippen LogP contribution in [0.5, 0.6) is 0 Å². The van der Waals surface area contributed by atoms with Crippen molar-refractivity contribution in [2.75, 3.05) is 29.5 Å². The van der Waals surface area contributed by atoms with E-state index in [1.807, 2.05) is 0 Å². The molecule has 1 aliphatic rings. The number of hydrogen-bond donors (Lipinski definition) is 1. The monoisotopic (exact) mass is 411 g/mol. The van der Waals surface area contributed by atoms with Crippen molar-refractivity contribution in [1.82, 2.24) is 5.43 Å². The summed E-state index contributed by atoms with van der Waals surface area (Å²) in [7, 11) is 0. The molecule has 0 aliphatic carbocycles. The third-order valence-electron chi connectivity index (χ3n) is 4.94. The zero-order valence-corrected chi connectivity index (χ0v) is 17.3. The molecule has 4 heteroatoms. The molecule has 0 saturated carbocycles. The maximum atomic E-state index is 3.60. The fourth-order valence-electron chi connectivity index (χ4n) is 3.66. The molecule has 0 unspecified atom stereocenters. The van der Waals surface area contributed by atoms with Gasteiger partial charge in [-0.05, 0) is 0 Å². The molecule has 0 fully saturated rings. The standard InChI is InChI=1S/C22H25N3Se/c1-4-23-25-19-13-12-17(24(5-2)6-3)15-21(19)26-20-14-11-16-9-7-8-10-18(16)22(20)25/h7-15,23H,4-6H2,1-3H3. The summed E-state index contributed by atoms with van der Waals surface area (Å²) < 4.78 is 2.90. The molecule has 4 rings (SSSR count). The number of hydrazine groups is 1. The SMILES string of the molecule is CCNN1c2ccc(N(CC)CC)cc2[Se]c2ccc3ccccc3c21. The van der Waals surface area contributed by atoms with E-state index in [0.29, 0.717) is 15.0 Å². The zero-order chi connectivity index (χ0) is 18.1. The van der Waals surface area contributed by atoms with Crippen LogP contribution >= 0.6 is 0 Å². The van der Waals surface area contributed by atoms with Crippen LogP contribution in [0.25, 0.3) is 10.8 Å². The summed E-state index contributed by atoms with van der Waals surface area (Å²) in [6, 6.07) is 20.2. The fourth-order valence-corrected chi connectivity index (χ4v) is 6.00. The van der Waals surface area contributed by atoms with Gasteiger partial charge in [0.05, 0.1) is 0 Å². The molecule has 0 bridgehead atoms. The van der Waals surface area contributed by atoms with E-state index in [9.17, 15) is 0 Å². The Labute approximate surface area is 162 Å². The molecule has 0 amide bonds. The van der Waals surface area contributed by atoms with E-state index in [1.54, 1.807) is 0 Å². The second kappa shape index (κ2) is 7.32. The molecule has 1 N–H and O–H groups in total. The van der Waals surface area contributed by atoms with Gasteiger partial charge in [-0.1, -0.05) is 0 Å². The van der Waals surface area contributed by atoms with E-state index in [2.05, 4.69) is 90.7 Å². The van der Waals surface area contributed by atoms with Crippen molar-refractivity contribution >= 4 is 51.7 Å². The van der Waals surface area contributed by atoms with E-state index >= 15 is 0 Å². The molecular formula is C22H25N3Se. The third kappa shape index (κ3) is 2.88. The summed E-state index contributed by atoms with van der Waals surface area (Å²) in [5.74, 6) is 0. The van der Waals surface area contributed by atoms with Gasteiger partial charge in [-0.25, -0.2) is 0 Å². The van der Waals surface area contributed by atoms with Gasteiger partial charge >= 0.3 is 162 Å². The van der Waals surface area contributed by atoms with Crippen LogP contribution in [-0.2, 0) is 0 Å². The Hall–Kier alpha value is -2.00. The van der Waals surface area contributed by atoms with Gasteiger partial charge in [0, 0.05) is 0 Å². The molecule has 0 radical (unpaired) electrons. The van der Waals surface area contributed by atoms with Gasteiger partial charge < -0.3 is 0 Å². The molecule has 0 spiro atoms. The van der Waals surface area contributed by atoms with E-state index in [4.69, 9.17) is 0 Å². The van der Waals surface area contributed by atoms with Crippen LogP contribution in [0.3, 0.4) is 0 Å². The predicted octanol–water partition coefficient (Wildman–Crippen LogP) is 3.32. The molecule has 0 aromatic heterocycles. The Balaban J connectivity index is 1.87. The van der Waals surface area contributed by atoms with Crippen LogP contribution < -0.4 is 24.3 Å². The molecular weight excluding hydrogens is 385 g/mol. The molecule has 3 aromatic rings. The average molecular weight is 410 g/mol. The van der Waals surface area contributed by atoms with Crippen LogP contribution in [0.15, 0.2) is 54.6 Å². The number of anilines is 3. The van der Waals surface area contributed by atoms with E-state index in [1.165, 1.54) is 36.8 Å². The van der Waals surface area contributed by atoms with Crippen LogP contribution in [0.2, 0.25) is 0 Å². The topological polar surface area (TPSA) is 18.5 Å². The number of nitrogens with one attached hydrogen (secondary N) is 1.